The predicted molar refractivity (Wildman–Crippen MR) is 56.8 cm³/mol. The second kappa shape index (κ2) is 6.35. The lowest BCUT2D eigenvalue weighted by atomic mass is 10.3. The second-order valence-electron chi connectivity index (χ2n) is 3.77. The van der Waals surface area contributed by atoms with Crippen LogP contribution in [-0.4, -0.2) is 55.6 Å². The van der Waals surface area contributed by atoms with Crippen LogP contribution in [0.1, 0.15) is 19.8 Å². The van der Waals surface area contributed by atoms with E-state index >= 15 is 0 Å². The Bertz CT molecular complexity index is 127. The van der Waals surface area contributed by atoms with Gasteiger partial charge in [0.1, 0.15) is 0 Å². The smallest absolute Gasteiger partial charge is 0.0109 e. The topological polar surface area (TPSA) is 32.5 Å². The summed E-state index contributed by atoms with van der Waals surface area (Å²) < 4.78 is 0. The zero-order valence-electron chi connectivity index (χ0n) is 8.84. The van der Waals surface area contributed by atoms with Crippen LogP contribution in [0.25, 0.3) is 0 Å². The summed E-state index contributed by atoms with van der Waals surface area (Å²) >= 11 is 0. The minimum absolute atomic E-state index is 0.827. The van der Waals surface area contributed by atoms with Crippen molar-refractivity contribution in [3.05, 3.63) is 0 Å². The average Bonchev–Trinajstić information content (AvgIpc) is 2.39. The number of nitrogens with zero attached hydrogens (tertiary/aromatic N) is 2. The molecule has 3 heteroatoms. The first-order chi connectivity index (χ1) is 6.36. The molecule has 1 fully saturated rings. The Morgan fingerprint density at radius 2 is 1.77 bits per heavy atom. The van der Waals surface area contributed by atoms with Crippen molar-refractivity contribution in [2.24, 2.45) is 5.73 Å². The van der Waals surface area contributed by atoms with Crippen molar-refractivity contribution < 1.29 is 0 Å². The maximum absolute atomic E-state index is 5.50. The minimum Gasteiger partial charge on any atom is -0.330 e. The molecule has 2 N–H and O–H groups in total. The van der Waals surface area contributed by atoms with Crippen molar-refractivity contribution in [1.82, 2.24) is 9.80 Å². The summed E-state index contributed by atoms with van der Waals surface area (Å²) in [4.78, 5) is 5.07. The molecule has 0 aromatic rings. The van der Waals surface area contributed by atoms with Gasteiger partial charge in [-0.05, 0) is 45.6 Å². The van der Waals surface area contributed by atoms with E-state index in [2.05, 4.69) is 16.7 Å². The van der Waals surface area contributed by atoms with Gasteiger partial charge < -0.3 is 15.5 Å². The number of rotatable bonds is 4. The second-order valence-corrected chi connectivity index (χ2v) is 3.77. The van der Waals surface area contributed by atoms with Gasteiger partial charge in [0, 0.05) is 13.1 Å². The van der Waals surface area contributed by atoms with Gasteiger partial charge in [-0.3, -0.25) is 0 Å². The standard InChI is InChI=1S/C10H23N3/c1-2-12-7-4-8-13(10-9-12)6-3-5-11/h2-11H2,1H3. The zero-order valence-corrected chi connectivity index (χ0v) is 8.84. The van der Waals surface area contributed by atoms with Crippen LogP contribution in [0, 0.1) is 0 Å². The third-order valence-corrected chi connectivity index (χ3v) is 2.81. The fraction of sp³-hybridized carbons (Fsp3) is 1.00. The Labute approximate surface area is 81.9 Å². The largest absolute Gasteiger partial charge is 0.330 e. The van der Waals surface area contributed by atoms with Crippen LogP contribution >= 0.6 is 0 Å². The number of hydrogen-bond acceptors (Lipinski definition) is 3. The lowest BCUT2D eigenvalue weighted by Crippen LogP contribution is -2.31. The Hall–Kier alpha value is -0.120. The molecule has 1 heterocycles. The molecule has 1 saturated heterocycles. The van der Waals surface area contributed by atoms with Gasteiger partial charge in [0.25, 0.3) is 0 Å². The molecular formula is C10H23N3. The van der Waals surface area contributed by atoms with Crippen molar-refractivity contribution in [3.63, 3.8) is 0 Å². The maximum Gasteiger partial charge on any atom is 0.0109 e. The highest BCUT2D eigenvalue weighted by Gasteiger charge is 2.12. The molecule has 1 rings (SSSR count). The molecular weight excluding hydrogens is 162 g/mol. The number of nitrogens with two attached hydrogens (primary N) is 1. The average molecular weight is 185 g/mol. The first-order valence-electron chi connectivity index (χ1n) is 5.51. The summed E-state index contributed by atoms with van der Waals surface area (Å²) in [5.41, 5.74) is 5.50. The van der Waals surface area contributed by atoms with E-state index in [0.29, 0.717) is 0 Å². The first-order valence-corrected chi connectivity index (χ1v) is 5.51. The van der Waals surface area contributed by atoms with Gasteiger partial charge in [0.15, 0.2) is 0 Å². The Morgan fingerprint density at radius 1 is 1.08 bits per heavy atom. The quantitative estimate of drug-likeness (QED) is 0.686. The normalized spacial score (nSPS) is 21.7. The van der Waals surface area contributed by atoms with E-state index in [1.165, 1.54) is 45.7 Å². The van der Waals surface area contributed by atoms with Crippen molar-refractivity contribution in [2.75, 3.05) is 45.8 Å². The Morgan fingerprint density at radius 3 is 2.46 bits per heavy atom. The van der Waals surface area contributed by atoms with Crippen LogP contribution in [0.3, 0.4) is 0 Å². The predicted octanol–water partition coefficient (Wildman–Crippen LogP) is 0.363. The summed E-state index contributed by atoms with van der Waals surface area (Å²) in [6.07, 6.45) is 2.46. The third-order valence-electron chi connectivity index (χ3n) is 2.81. The lowest BCUT2D eigenvalue weighted by Gasteiger charge is -2.20. The molecule has 0 amide bonds. The highest BCUT2D eigenvalue weighted by Crippen LogP contribution is 2.02. The SMILES string of the molecule is CCN1CCCN(CCCN)CC1. The third kappa shape index (κ3) is 4.07. The van der Waals surface area contributed by atoms with Gasteiger partial charge in [-0.1, -0.05) is 6.92 Å². The Balaban J connectivity index is 2.19. The zero-order chi connectivity index (χ0) is 9.52. The van der Waals surface area contributed by atoms with Crippen molar-refractivity contribution in [2.45, 2.75) is 19.8 Å². The van der Waals surface area contributed by atoms with E-state index in [1.807, 2.05) is 0 Å². The van der Waals surface area contributed by atoms with Crippen LogP contribution in [0.15, 0.2) is 0 Å². The van der Waals surface area contributed by atoms with Gasteiger partial charge in [0.2, 0.25) is 0 Å². The fourth-order valence-corrected chi connectivity index (χ4v) is 1.88. The fourth-order valence-electron chi connectivity index (χ4n) is 1.88. The summed E-state index contributed by atoms with van der Waals surface area (Å²) in [5.74, 6) is 0. The highest BCUT2D eigenvalue weighted by molar-refractivity contribution is 4.68. The number of hydrogen-bond donors (Lipinski definition) is 1. The van der Waals surface area contributed by atoms with Crippen LogP contribution in [-0.2, 0) is 0 Å². The Kier molecular flexibility index (Phi) is 5.35. The molecule has 0 spiro atoms. The molecule has 3 nitrogen and oxygen atoms in total. The molecule has 0 aromatic heterocycles. The van der Waals surface area contributed by atoms with Crippen molar-refractivity contribution in [3.8, 4) is 0 Å². The molecule has 1 aliphatic rings. The molecule has 0 atom stereocenters. The summed E-state index contributed by atoms with van der Waals surface area (Å²) in [7, 11) is 0. The van der Waals surface area contributed by atoms with E-state index in [9.17, 15) is 0 Å². The maximum atomic E-state index is 5.50. The molecule has 0 bridgehead atoms. The monoisotopic (exact) mass is 185 g/mol. The van der Waals surface area contributed by atoms with Crippen LogP contribution < -0.4 is 5.73 Å². The van der Waals surface area contributed by atoms with Crippen molar-refractivity contribution >= 4 is 0 Å². The van der Waals surface area contributed by atoms with Crippen LogP contribution in [0.2, 0.25) is 0 Å². The lowest BCUT2D eigenvalue weighted by molar-refractivity contribution is 0.262. The van der Waals surface area contributed by atoms with E-state index < -0.39 is 0 Å². The highest BCUT2D eigenvalue weighted by atomic mass is 15.2. The molecule has 78 valence electrons. The van der Waals surface area contributed by atoms with E-state index in [-0.39, 0.29) is 0 Å². The molecule has 0 aromatic carbocycles. The summed E-state index contributed by atoms with van der Waals surface area (Å²) in [5, 5.41) is 0. The molecule has 1 aliphatic heterocycles. The molecule has 0 saturated carbocycles. The van der Waals surface area contributed by atoms with Gasteiger partial charge >= 0.3 is 0 Å². The minimum atomic E-state index is 0.827. The van der Waals surface area contributed by atoms with Crippen LogP contribution in [0.4, 0.5) is 0 Å². The molecule has 0 unspecified atom stereocenters. The molecule has 13 heavy (non-hydrogen) atoms. The summed E-state index contributed by atoms with van der Waals surface area (Å²) in [6.45, 7) is 10.5. The van der Waals surface area contributed by atoms with Gasteiger partial charge in [-0.25, -0.2) is 0 Å². The van der Waals surface area contributed by atoms with E-state index in [4.69, 9.17) is 5.73 Å². The van der Waals surface area contributed by atoms with Gasteiger partial charge in [-0.15, -0.1) is 0 Å². The van der Waals surface area contributed by atoms with E-state index in [0.717, 1.165) is 13.0 Å². The van der Waals surface area contributed by atoms with E-state index in [1.54, 1.807) is 0 Å². The molecule has 0 radical (unpaired) electrons. The van der Waals surface area contributed by atoms with Crippen molar-refractivity contribution in [1.29, 1.82) is 0 Å². The number of likely N-dealkylation sites (N-methyl/N-ethyl adjacent to an activating group) is 1. The van der Waals surface area contributed by atoms with Gasteiger partial charge in [0.05, 0.1) is 0 Å². The van der Waals surface area contributed by atoms with Crippen LogP contribution in [0.5, 0.6) is 0 Å². The molecule has 0 aliphatic carbocycles. The summed E-state index contributed by atoms with van der Waals surface area (Å²) in [6, 6.07) is 0. The first kappa shape index (κ1) is 11.0. The van der Waals surface area contributed by atoms with Gasteiger partial charge in [-0.2, -0.15) is 0 Å².